The molecule has 1 heterocycles. The molecule has 0 aliphatic carbocycles. The Morgan fingerprint density at radius 3 is 2.54 bits per heavy atom. The Hall–Kier alpha value is -2.77. The first-order valence-electron chi connectivity index (χ1n) is 8.73. The van der Waals surface area contributed by atoms with Crippen LogP contribution in [0.3, 0.4) is 0 Å². The standard InChI is InChI=1S/C21H22N2O4S/c1-26-18-9-7-15(8-10-18)19(25)14-28-21-22-11-17(13-24)23(21)12-16-5-3-4-6-20(16)27-2/h3-11,24H,12-14H2,1-2H3. The summed E-state index contributed by atoms with van der Waals surface area (Å²) in [6.45, 7) is 0.369. The number of Topliss-reactive ketones (excluding diaryl/α,β-unsaturated/α-hetero) is 1. The molecule has 6 nitrogen and oxygen atoms in total. The number of methoxy groups -OCH3 is 2. The smallest absolute Gasteiger partial charge is 0.173 e. The van der Waals surface area contributed by atoms with Crippen molar-refractivity contribution in [3.63, 3.8) is 0 Å². The molecular formula is C21H22N2O4S. The average Bonchev–Trinajstić information content (AvgIpc) is 3.14. The zero-order chi connectivity index (χ0) is 19.9. The van der Waals surface area contributed by atoms with Crippen molar-refractivity contribution >= 4 is 17.5 Å². The fourth-order valence-corrected chi connectivity index (χ4v) is 3.69. The molecule has 2 aromatic carbocycles. The lowest BCUT2D eigenvalue weighted by Crippen LogP contribution is -2.09. The lowest BCUT2D eigenvalue weighted by atomic mass is 10.1. The van der Waals surface area contributed by atoms with E-state index in [0.29, 0.717) is 28.7 Å². The molecule has 0 saturated heterocycles. The highest BCUT2D eigenvalue weighted by molar-refractivity contribution is 7.99. The second-order valence-electron chi connectivity index (χ2n) is 6.03. The summed E-state index contributed by atoms with van der Waals surface area (Å²) >= 11 is 1.35. The van der Waals surface area contributed by atoms with Crippen LogP contribution in [0.4, 0.5) is 0 Å². The molecule has 146 valence electrons. The largest absolute Gasteiger partial charge is 0.497 e. The molecule has 28 heavy (non-hydrogen) atoms. The monoisotopic (exact) mass is 398 g/mol. The maximum absolute atomic E-state index is 12.5. The summed E-state index contributed by atoms with van der Waals surface area (Å²) in [5.74, 6) is 1.74. The van der Waals surface area contributed by atoms with E-state index in [1.807, 2.05) is 28.8 Å². The highest BCUT2D eigenvalue weighted by Crippen LogP contribution is 2.25. The van der Waals surface area contributed by atoms with Gasteiger partial charge in [-0.1, -0.05) is 30.0 Å². The fourth-order valence-electron chi connectivity index (χ4n) is 2.80. The van der Waals surface area contributed by atoms with E-state index in [4.69, 9.17) is 9.47 Å². The van der Waals surface area contributed by atoms with E-state index in [1.54, 1.807) is 44.7 Å². The quantitative estimate of drug-likeness (QED) is 0.440. The Morgan fingerprint density at radius 1 is 1.11 bits per heavy atom. The van der Waals surface area contributed by atoms with E-state index in [1.165, 1.54) is 11.8 Å². The van der Waals surface area contributed by atoms with Crippen LogP contribution >= 0.6 is 11.8 Å². The number of ketones is 1. The number of aromatic nitrogens is 2. The topological polar surface area (TPSA) is 73.6 Å². The number of carbonyl (C=O) groups is 1. The first-order valence-corrected chi connectivity index (χ1v) is 9.72. The molecule has 0 aliphatic rings. The number of nitrogens with zero attached hydrogens (tertiary/aromatic N) is 2. The fraction of sp³-hybridized carbons (Fsp3) is 0.238. The molecule has 3 aromatic rings. The third kappa shape index (κ3) is 4.55. The van der Waals surface area contributed by atoms with Gasteiger partial charge in [0.1, 0.15) is 11.5 Å². The first kappa shape index (κ1) is 20.0. The average molecular weight is 398 g/mol. The summed E-state index contributed by atoms with van der Waals surface area (Å²) < 4.78 is 12.4. The van der Waals surface area contributed by atoms with Crippen LogP contribution in [-0.4, -0.2) is 40.4 Å². The first-order chi connectivity index (χ1) is 13.7. The Bertz CT molecular complexity index is 938. The molecule has 0 unspecified atom stereocenters. The third-order valence-electron chi connectivity index (χ3n) is 4.33. The van der Waals surface area contributed by atoms with Gasteiger partial charge in [-0.2, -0.15) is 0 Å². The third-order valence-corrected chi connectivity index (χ3v) is 5.32. The Morgan fingerprint density at radius 2 is 1.86 bits per heavy atom. The normalized spacial score (nSPS) is 10.7. The molecule has 7 heteroatoms. The number of rotatable bonds is 9. The molecule has 0 atom stereocenters. The second kappa shape index (κ2) is 9.43. The summed E-state index contributed by atoms with van der Waals surface area (Å²) in [7, 11) is 3.22. The predicted octanol–water partition coefficient (Wildman–Crippen LogP) is 3.42. The van der Waals surface area contributed by atoms with Crippen LogP contribution in [0.2, 0.25) is 0 Å². The van der Waals surface area contributed by atoms with Crippen molar-refractivity contribution in [1.29, 1.82) is 0 Å². The molecule has 0 amide bonds. The van der Waals surface area contributed by atoms with Gasteiger partial charge in [0, 0.05) is 11.1 Å². The van der Waals surface area contributed by atoms with E-state index in [2.05, 4.69) is 4.98 Å². The highest BCUT2D eigenvalue weighted by atomic mass is 32.2. The van der Waals surface area contributed by atoms with E-state index in [9.17, 15) is 9.90 Å². The number of para-hydroxylation sites is 1. The van der Waals surface area contributed by atoms with Crippen molar-refractivity contribution in [2.24, 2.45) is 0 Å². The Kier molecular flexibility index (Phi) is 6.73. The molecule has 0 bridgehead atoms. The van der Waals surface area contributed by atoms with Crippen molar-refractivity contribution in [2.75, 3.05) is 20.0 Å². The van der Waals surface area contributed by atoms with Crippen molar-refractivity contribution in [2.45, 2.75) is 18.3 Å². The molecule has 0 saturated carbocycles. The molecule has 0 aliphatic heterocycles. The summed E-state index contributed by atoms with van der Waals surface area (Å²) in [5, 5.41) is 10.3. The van der Waals surface area contributed by atoms with Gasteiger partial charge in [-0.05, 0) is 30.3 Å². The number of imidazole rings is 1. The number of aliphatic hydroxyl groups is 1. The minimum absolute atomic E-state index is 0.00467. The summed E-state index contributed by atoms with van der Waals surface area (Å²) in [6.07, 6.45) is 1.63. The number of benzene rings is 2. The maximum atomic E-state index is 12.5. The Balaban J connectivity index is 1.75. The number of hydrogen-bond acceptors (Lipinski definition) is 6. The van der Waals surface area contributed by atoms with Crippen LogP contribution in [0.5, 0.6) is 11.5 Å². The van der Waals surface area contributed by atoms with Crippen LogP contribution in [0, 0.1) is 0 Å². The number of thioether (sulfide) groups is 1. The second-order valence-corrected chi connectivity index (χ2v) is 6.97. The van der Waals surface area contributed by atoms with Gasteiger partial charge in [0.25, 0.3) is 0 Å². The minimum atomic E-state index is -0.130. The molecule has 0 radical (unpaired) electrons. The van der Waals surface area contributed by atoms with Crippen LogP contribution in [0.1, 0.15) is 21.6 Å². The van der Waals surface area contributed by atoms with Crippen LogP contribution in [0.15, 0.2) is 59.9 Å². The van der Waals surface area contributed by atoms with Gasteiger partial charge in [-0.25, -0.2) is 4.98 Å². The minimum Gasteiger partial charge on any atom is -0.497 e. The van der Waals surface area contributed by atoms with Gasteiger partial charge >= 0.3 is 0 Å². The van der Waals surface area contributed by atoms with E-state index < -0.39 is 0 Å². The van der Waals surface area contributed by atoms with E-state index >= 15 is 0 Å². The molecule has 1 N–H and O–H groups in total. The van der Waals surface area contributed by atoms with E-state index in [0.717, 1.165) is 11.3 Å². The molecule has 3 rings (SSSR count). The van der Waals surface area contributed by atoms with Crippen molar-refractivity contribution in [3.8, 4) is 11.5 Å². The van der Waals surface area contributed by atoms with Gasteiger partial charge in [-0.15, -0.1) is 0 Å². The van der Waals surface area contributed by atoms with Gasteiger partial charge in [0.2, 0.25) is 0 Å². The highest BCUT2D eigenvalue weighted by Gasteiger charge is 2.15. The lowest BCUT2D eigenvalue weighted by molar-refractivity contribution is 0.102. The molecular weight excluding hydrogens is 376 g/mol. The Labute approximate surface area is 168 Å². The number of hydrogen-bond donors (Lipinski definition) is 1. The zero-order valence-electron chi connectivity index (χ0n) is 15.8. The van der Waals surface area contributed by atoms with Crippen LogP contribution in [-0.2, 0) is 13.2 Å². The summed E-state index contributed by atoms with van der Waals surface area (Å²) in [5.41, 5.74) is 2.28. The van der Waals surface area contributed by atoms with Gasteiger partial charge < -0.3 is 19.1 Å². The van der Waals surface area contributed by atoms with Crippen LogP contribution in [0.25, 0.3) is 0 Å². The molecule has 0 spiro atoms. The van der Waals surface area contributed by atoms with Gasteiger partial charge in [0.15, 0.2) is 10.9 Å². The SMILES string of the molecule is COc1ccc(C(=O)CSc2ncc(CO)n2Cc2ccccc2OC)cc1. The van der Waals surface area contributed by atoms with Crippen molar-refractivity contribution in [1.82, 2.24) is 9.55 Å². The predicted molar refractivity (Wildman–Crippen MR) is 108 cm³/mol. The van der Waals surface area contributed by atoms with Crippen molar-refractivity contribution in [3.05, 3.63) is 71.5 Å². The number of carbonyl (C=O) groups excluding carboxylic acids is 1. The van der Waals surface area contributed by atoms with E-state index in [-0.39, 0.29) is 18.1 Å². The number of aliphatic hydroxyl groups excluding tert-OH is 1. The number of ether oxygens (including phenoxy) is 2. The van der Waals surface area contributed by atoms with Crippen molar-refractivity contribution < 1.29 is 19.4 Å². The lowest BCUT2D eigenvalue weighted by Gasteiger charge is -2.13. The zero-order valence-corrected chi connectivity index (χ0v) is 16.6. The maximum Gasteiger partial charge on any atom is 0.173 e. The van der Waals surface area contributed by atoms with Gasteiger partial charge in [0.05, 0.1) is 45.0 Å². The summed E-state index contributed by atoms with van der Waals surface area (Å²) in [4.78, 5) is 16.9. The summed E-state index contributed by atoms with van der Waals surface area (Å²) in [6, 6.07) is 14.8. The molecule has 1 aromatic heterocycles. The van der Waals surface area contributed by atoms with Crippen LogP contribution < -0.4 is 9.47 Å². The molecule has 0 fully saturated rings. The van der Waals surface area contributed by atoms with Gasteiger partial charge in [-0.3, -0.25) is 4.79 Å².